The molecule has 1 aromatic rings. The molecule has 1 aromatic carbocycles. The summed E-state index contributed by atoms with van der Waals surface area (Å²) in [7, 11) is 0. The molecule has 1 heterocycles. The van der Waals surface area contributed by atoms with Crippen molar-refractivity contribution in [2.75, 3.05) is 11.4 Å². The number of piperidine rings is 1. The number of carbonyl (C=O) groups excluding carboxylic acids is 1. The average molecular weight is 303 g/mol. The van der Waals surface area contributed by atoms with E-state index in [0.29, 0.717) is 0 Å². The summed E-state index contributed by atoms with van der Waals surface area (Å²) >= 11 is 0. The molecule has 2 rings (SSSR count). The number of rotatable bonds is 3. The Morgan fingerprint density at radius 3 is 2.71 bits per heavy atom. The van der Waals surface area contributed by atoms with Crippen molar-refractivity contribution in [3.8, 4) is 5.75 Å². The van der Waals surface area contributed by atoms with Gasteiger partial charge in [0.15, 0.2) is 0 Å². The molecule has 1 saturated heterocycles. The quantitative estimate of drug-likeness (QED) is 0.931. The summed E-state index contributed by atoms with van der Waals surface area (Å²) in [6, 6.07) is 4.93. The highest BCUT2D eigenvalue weighted by Gasteiger charge is 2.33. The first kappa shape index (κ1) is 15.1. The lowest BCUT2D eigenvalue weighted by molar-refractivity contribution is -0.274. The number of halogens is 3. The van der Waals surface area contributed by atoms with Crippen LogP contribution in [0.5, 0.6) is 5.75 Å². The van der Waals surface area contributed by atoms with E-state index in [9.17, 15) is 22.8 Å². The molecule has 8 heteroatoms. The van der Waals surface area contributed by atoms with Crippen molar-refractivity contribution in [3.63, 3.8) is 0 Å². The molecular formula is C13H12F3NO4. The molecule has 0 spiro atoms. The van der Waals surface area contributed by atoms with E-state index in [1.54, 1.807) is 0 Å². The second kappa shape index (κ2) is 5.63. The van der Waals surface area contributed by atoms with Gasteiger partial charge in [0.25, 0.3) is 0 Å². The Hall–Kier alpha value is -2.25. The number of alkyl halides is 3. The number of carboxylic acid groups (broad SMARTS) is 1. The molecule has 114 valence electrons. The van der Waals surface area contributed by atoms with Gasteiger partial charge in [0, 0.05) is 24.7 Å². The molecule has 1 aliphatic heterocycles. The number of ether oxygens (including phenoxy) is 1. The van der Waals surface area contributed by atoms with Crippen LogP contribution in [0, 0.1) is 5.92 Å². The number of carboxylic acids is 1. The van der Waals surface area contributed by atoms with Crippen LogP contribution in [0.25, 0.3) is 0 Å². The van der Waals surface area contributed by atoms with E-state index in [1.807, 2.05) is 0 Å². The van der Waals surface area contributed by atoms with Gasteiger partial charge in [0.1, 0.15) is 5.75 Å². The van der Waals surface area contributed by atoms with Crippen LogP contribution in [0.3, 0.4) is 0 Å². The van der Waals surface area contributed by atoms with Crippen molar-refractivity contribution < 1.29 is 32.6 Å². The fraction of sp³-hybridized carbons (Fsp3) is 0.385. The zero-order chi connectivity index (χ0) is 15.6. The Bertz CT molecular complexity index is 559. The van der Waals surface area contributed by atoms with Crippen molar-refractivity contribution in [1.29, 1.82) is 0 Å². The Morgan fingerprint density at radius 1 is 1.38 bits per heavy atom. The van der Waals surface area contributed by atoms with E-state index in [4.69, 9.17) is 5.11 Å². The summed E-state index contributed by atoms with van der Waals surface area (Å²) < 4.78 is 40.3. The number of hydrogen-bond donors (Lipinski definition) is 1. The molecule has 0 radical (unpaired) electrons. The van der Waals surface area contributed by atoms with E-state index in [0.717, 1.165) is 12.1 Å². The molecule has 0 aliphatic carbocycles. The highest BCUT2D eigenvalue weighted by Crippen LogP contribution is 2.29. The zero-order valence-electron chi connectivity index (χ0n) is 10.8. The lowest BCUT2D eigenvalue weighted by Gasteiger charge is -2.30. The van der Waals surface area contributed by atoms with Gasteiger partial charge in [-0.25, -0.2) is 0 Å². The number of benzene rings is 1. The van der Waals surface area contributed by atoms with Gasteiger partial charge >= 0.3 is 12.3 Å². The molecule has 0 saturated carbocycles. The van der Waals surface area contributed by atoms with Crippen molar-refractivity contribution in [2.45, 2.75) is 19.2 Å². The summed E-state index contributed by atoms with van der Waals surface area (Å²) in [6.07, 6.45) is -4.56. The van der Waals surface area contributed by atoms with Crippen molar-refractivity contribution in [3.05, 3.63) is 24.3 Å². The third kappa shape index (κ3) is 3.87. The van der Waals surface area contributed by atoms with Crippen molar-refractivity contribution >= 4 is 17.6 Å². The van der Waals surface area contributed by atoms with Gasteiger partial charge in [-0.15, -0.1) is 13.2 Å². The Balaban J connectivity index is 2.21. The monoisotopic (exact) mass is 303 g/mol. The predicted molar refractivity (Wildman–Crippen MR) is 65.8 cm³/mol. The lowest BCUT2D eigenvalue weighted by Crippen LogP contribution is -2.42. The van der Waals surface area contributed by atoms with E-state index in [2.05, 4.69) is 4.74 Å². The van der Waals surface area contributed by atoms with Crippen molar-refractivity contribution in [1.82, 2.24) is 0 Å². The smallest absolute Gasteiger partial charge is 0.481 e. The third-order valence-corrected chi connectivity index (χ3v) is 3.12. The molecule has 1 fully saturated rings. The molecule has 1 unspecified atom stereocenters. The first-order valence-electron chi connectivity index (χ1n) is 6.15. The molecule has 1 amide bonds. The first-order chi connectivity index (χ1) is 9.76. The largest absolute Gasteiger partial charge is 0.573 e. The third-order valence-electron chi connectivity index (χ3n) is 3.12. The molecule has 1 N–H and O–H groups in total. The minimum Gasteiger partial charge on any atom is -0.481 e. The maximum Gasteiger partial charge on any atom is 0.573 e. The van der Waals surface area contributed by atoms with Crippen molar-refractivity contribution in [2.24, 2.45) is 5.92 Å². The van der Waals surface area contributed by atoms with E-state index in [-0.39, 0.29) is 31.0 Å². The fourth-order valence-electron chi connectivity index (χ4n) is 2.15. The first-order valence-corrected chi connectivity index (χ1v) is 6.15. The van der Waals surface area contributed by atoms with Crippen LogP contribution < -0.4 is 9.64 Å². The minimum atomic E-state index is -4.83. The average Bonchev–Trinajstić information content (AvgIpc) is 2.37. The van der Waals surface area contributed by atoms with E-state index in [1.165, 1.54) is 17.0 Å². The molecular weight excluding hydrogens is 291 g/mol. The maximum atomic E-state index is 12.2. The molecule has 1 atom stereocenters. The summed E-state index contributed by atoms with van der Waals surface area (Å²) in [5.41, 5.74) is 0.188. The molecule has 0 bridgehead atoms. The molecule has 1 aliphatic rings. The van der Waals surface area contributed by atoms with Gasteiger partial charge in [0.2, 0.25) is 5.91 Å². The second-order valence-corrected chi connectivity index (χ2v) is 4.62. The fourth-order valence-corrected chi connectivity index (χ4v) is 2.15. The van der Waals surface area contributed by atoms with Gasteiger partial charge in [-0.2, -0.15) is 0 Å². The highest BCUT2D eigenvalue weighted by molar-refractivity contribution is 5.95. The number of aliphatic carboxylic acids is 1. The SMILES string of the molecule is O=C(O)C1CCC(=O)N(c2cccc(OC(F)(F)F)c2)C1. The van der Waals surface area contributed by atoms with Crippen LogP contribution in [0.2, 0.25) is 0 Å². The lowest BCUT2D eigenvalue weighted by atomic mass is 9.97. The predicted octanol–water partition coefficient (Wildman–Crippen LogP) is 2.41. The number of anilines is 1. The summed E-state index contributed by atoms with van der Waals surface area (Å²) in [6.45, 7) is -0.0658. The van der Waals surface area contributed by atoms with E-state index < -0.39 is 24.0 Å². The summed E-state index contributed by atoms with van der Waals surface area (Å²) in [5.74, 6) is -2.54. The van der Waals surface area contributed by atoms with Gasteiger partial charge < -0.3 is 14.7 Å². The zero-order valence-corrected chi connectivity index (χ0v) is 10.8. The van der Waals surface area contributed by atoms with Crippen LogP contribution in [0.4, 0.5) is 18.9 Å². The van der Waals surface area contributed by atoms with E-state index >= 15 is 0 Å². The maximum absolute atomic E-state index is 12.2. The van der Waals surface area contributed by atoms with Crippen LogP contribution >= 0.6 is 0 Å². The standard InChI is InChI=1S/C13H12F3NO4/c14-13(15,16)21-10-3-1-2-9(6-10)17-7-8(12(19)20)4-5-11(17)18/h1-3,6,8H,4-5,7H2,(H,19,20). The normalized spacial score (nSPS) is 19.5. The topological polar surface area (TPSA) is 66.8 Å². The molecule has 5 nitrogen and oxygen atoms in total. The highest BCUT2D eigenvalue weighted by atomic mass is 19.4. The number of carbonyl (C=O) groups is 2. The molecule has 21 heavy (non-hydrogen) atoms. The number of amides is 1. The van der Waals surface area contributed by atoms with Gasteiger partial charge in [0.05, 0.1) is 5.92 Å². The van der Waals surface area contributed by atoms with Crippen LogP contribution in [0.15, 0.2) is 24.3 Å². The van der Waals surface area contributed by atoms with Crippen LogP contribution in [-0.2, 0) is 9.59 Å². The summed E-state index contributed by atoms with van der Waals surface area (Å²) in [4.78, 5) is 24.0. The van der Waals surface area contributed by atoms with Crippen LogP contribution in [0.1, 0.15) is 12.8 Å². The number of hydrogen-bond acceptors (Lipinski definition) is 3. The Labute approximate surface area is 117 Å². The Kier molecular flexibility index (Phi) is 4.06. The number of nitrogens with zero attached hydrogens (tertiary/aromatic N) is 1. The molecule has 0 aromatic heterocycles. The Morgan fingerprint density at radius 2 is 2.10 bits per heavy atom. The second-order valence-electron chi connectivity index (χ2n) is 4.62. The van der Waals surface area contributed by atoms with Gasteiger partial charge in [-0.05, 0) is 18.6 Å². The van der Waals surface area contributed by atoms with Gasteiger partial charge in [-0.3, -0.25) is 9.59 Å². The van der Waals surface area contributed by atoms with Crippen LogP contribution in [-0.4, -0.2) is 29.9 Å². The van der Waals surface area contributed by atoms with Gasteiger partial charge in [-0.1, -0.05) is 6.07 Å². The minimum absolute atomic E-state index is 0.0430. The summed E-state index contributed by atoms with van der Waals surface area (Å²) in [5, 5.41) is 8.99.